The van der Waals surface area contributed by atoms with Crippen molar-refractivity contribution in [2.75, 3.05) is 13.2 Å². The van der Waals surface area contributed by atoms with Crippen molar-refractivity contribution in [1.29, 1.82) is 0 Å². The van der Waals surface area contributed by atoms with E-state index >= 15 is 0 Å². The molecule has 0 spiro atoms. The summed E-state index contributed by atoms with van der Waals surface area (Å²) in [6.45, 7) is 5.75. The van der Waals surface area contributed by atoms with Gasteiger partial charge in [0.2, 0.25) is 10.9 Å². The molecule has 0 unspecified atom stereocenters. The zero-order valence-electron chi connectivity index (χ0n) is 49.3. The summed E-state index contributed by atoms with van der Waals surface area (Å²) >= 11 is 0. The van der Waals surface area contributed by atoms with Crippen molar-refractivity contribution in [3.8, 4) is 34.5 Å². The molecule has 4 aromatic rings. The minimum Gasteiger partial charge on any atom is -0.494 e. The molecule has 0 aliphatic carbocycles. The summed E-state index contributed by atoms with van der Waals surface area (Å²) in [4.78, 5) is 76.5. The van der Waals surface area contributed by atoms with Crippen LogP contribution in [-0.2, 0) is 9.59 Å². The van der Waals surface area contributed by atoms with Crippen LogP contribution in [0, 0.1) is 0 Å². The van der Waals surface area contributed by atoms with Crippen LogP contribution < -0.4 is 39.3 Å². The van der Waals surface area contributed by atoms with Crippen molar-refractivity contribution in [2.24, 2.45) is 0 Å². The maximum atomic E-state index is 12.9. The third-order valence-electron chi connectivity index (χ3n) is 14.4. The van der Waals surface area contributed by atoms with E-state index in [1.165, 1.54) is 203 Å². The Morgan fingerprint density at radius 1 is 0.284 bits per heavy atom. The molecule has 0 amide bonds. The van der Waals surface area contributed by atoms with E-state index in [9.17, 15) is 28.8 Å². The Labute approximate surface area is 484 Å². The third-order valence-corrected chi connectivity index (χ3v) is 14.4. The lowest BCUT2D eigenvalue weighted by Crippen LogP contribution is -2.13. The first-order chi connectivity index (χ1) is 39.6. The molecule has 0 aliphatic heterocycles. The summed E-state index contributed by atoms with van der Waals surface area (Å²) < 4.78 is 33.4. The summed E-state index contributed by atoms with van der Waals surface area (Å²) in [7, 11) is 0. The van der Waals surface area contributed by atoms with E-state index in [2.05, 4.69) is 13.8 Å². The first-order valence-corrected chi connectivity index (χ1v) is 31.3. The highest BCUT2D eigenvalue weighted by atomic mass is 16.6. The van der Waals surface area contributed by atoms with Crippen LogP contribution in [0.1, 0.15) is 259 Å². The van der Waals surface area contributed by atoms with E-state index in [0.717, 1.165) is 37.8 Å². The smallest absolute Gasteiger partial charge is 0.343 e. The molecule has 444 valence electrons. The Bertz CT molecular complexity index is 2320. The predicted octanol–water partition coefficient (Wildman–Crippen LogP) is 17.8. The Kier molecular flexibility index (Phi) is 36.0. The summed E-state index contributed by atoms with van der Waals surface area (Å²) in [6, 6.07) is 23.8. The lowest BCUT2D eigenvalue weighted by atomic mass is 10.0. The second-order valence-corrected chi connectivity index (χ2v) is 21.5. The lowest BCUT2D eigenvalue weighted by Gasteiger charge is -2.07. The van der Waals surface area contributed by atoms with Gasteiger partial charge in [-0.25, -0.2) is 9.59 Å². The summed E-state index contributed by atoms with van der Waals surface area (Å²) in [5.41, 5.74) is -0.523. The maximum absolute atomic E-state index is 12.9. The summed E-state index contributed by atoms with van der Waals surface area (Å²) in [5, 5.41) is 0. The SMILES string of the molecule is CCCCCCCCCCCCCCCCCOc1ccc(C(=O)Oc2ccc(OC(=O)CCCCCC(=O)Oc3ccc(OC(=O)c4ccc(OCCCCCCCCCCCCCCCCC)cc4)ccc3=O)c(=O)cc2)cc1. The molecular weight excluding hydrogens is 1020 g/mol. The molecule has 0 fully saturated rings. The molecule has 0 atom stereocenters. The van der Waals surface area contributed by atoms with Gasteiger partial charge < -0.3 is 28.4 Å². The van der Waals surface area contributed by atoms with E-state index in [0.29, 0.717) is 55.1 Å². The van der Waals surface area contributed by atoms with Crippen LogP contribution in [-0.4, -0.2) is 37.1 Å². The molecule has 81 heavy (non-hydrogen) atoms. The van der Waals surface area contributed by atoms with Crippen LogP contribution in [0.2, 0.25) is 0 Å². The Morgan fingerprint density at radius 2 is 0.543 bits per heavy atom. The van der Waals surface area contributed by atoms with Gasteiger partial charge in [0, 0.05) is 12.8 Å². The average molecular weight is 1120 g/mol. The van der Waals surface area contributed by atoms with E-state index in [1.807, 2.05) is 0 Å². The Hall–Kier alpha value is -6.30. The van der Waals surface area contributed by atoms with Crippen molar-refractivity contribution in [2.45, 2.75) is 239 Å². The van der Waals surface area contributed by atoms with Crippen molar-refractivity contribution < 1.29 is 47.6 Å². The summed E-state index contributed by atoms with van der Waals surface area (Å²) in [6.07, 6.45) is 40.3. The molecule has 0 radical (unpaired) electrons. The number of ether oxygens (including phenoxy) is 6. The monoisotopic (exact) mass is 1120 g/mol. The van der Waals surface area contributed by atoms with Gasteiger partial charge in [-0.3, -0.25) is 19.2 Å². The fourth-order valence-electron chi connectivity index (χ4n) is 9.47. The molecule has 0 saturated carbocycles. The number of carbonyl (C=O) groups is 4. The average Bonchev–Trinajstić information content (AvgIpc) is 3.77. The van der Waals surface area contributed by atoms with Crippen LogP contribution in [0.5, 0.6) is 34.5 Å². The van der Waals surface area contributed by atoms with E-state index in [4.69, 9.17) is 28.4 Å². The highest BCUT2D eigenvalue weighted by Crippen LogP contribution is 2.21. The second-order valence-electron chi connectivity index (χ2n) is 21.5. The number of rotatable bonds is 46. The minimum absolute atomic E-state index is 0.0215. The number of hydrogen-bond donors (Lipinski definition) is 0. The van der Waals surface area contributed by atoms with Crippen LogP contribution in [0.3, 0.4) is 0 Å². The van der Waals surface area contributed by atoms with Crippen molar-refractivity contribution in [1.82, 2.24) is 0 Å². The molecule has 12 heteroatoms. The van der Waals surface area contributed by atoms with Gasteiger partial charge in [-0.1, -0.05) is 200 Å². The first kappa shape index (κ1) is 67.2. The fraction of sp³-hybridized carbons (Fsp3) is 0.565. The second kappa shape index (κ2) is 43.4. The van der Waals surface area contributed by atoms with Crippen molar-refractivity contribution >= 4 is 23.9 Å². The number of carbonyl (C=O) groups excluding carboxylic acids is 4. The van der Waals surface area contributed by atoms with Gasteiger partial charge in [0.05, 0.1) is 24.3 Å². The standard InChI is InChI=1S/C69H96O12/c1-3-5-7-9-11-13-15-17-19-21-23-25-27-29-34-54-76-58-42-38-56(39-43-58)68(74)78-60-46-50-62(70)64(52-48-60)80-66(72)36-32-31-33-37-67(73)81-65-53-49-61(47-51-63(65)71)79-69(75)57-40-44-59(45-41-57)77-55-35-30-28-26-24-22-20-18-16-14-12-10-8-6-4-2/h38-53H,3-37,54-55H2,1-2H3. The molecule has 4 aromatic carbocycles. The molecule has 12 nitrogen and oxygen atoms in total. The van der Waals surface area contributed by atoms with Gasteiger partial charge in [-0.2, -0.15) is 0 Å². The Morgan fingerprint density at radius 3 is 0.852 bits per heavy atom. The van der Waals surface area contributed by atoms with Gasteiger partial charge in [-0.15, -0.1) is 0 Å². The molecule has 0 bridgehead atoms. The molecular formula is C69H96O12. The Balaban J connectivity index is 1.03. The highest BCUT2D eigenvalue weighted by Gasteiger charge is 2.14. The molecule has 0 aliphatic rings. The number of benzene rings is 2. The van der Waals surface area contributed by atoms with Gasteiger partial charge in [0.15, 0.2) is 11.5 Å². The number of hydrogen-bond acceptors (Lipinski definition) is 12. The van der Waals surface area contributed by atoms with Crippen molar-refractivity contribution in [3.63, 3.8) is 0 Å². The van der Waals surface area contributed by atoms with Crippen molar-refractivity contribution in [3.05, 3.63) is 129 Å². The number of unbranched alkanes of at least 4 members (excludes halogenated alkanes) is 30. The van der Waals surface area contributed by atoms with Crippen LogP contribution in [0.25, 0.3) is 0 Å². The molecule has 0 heterocycles. The van der Waals surface area contributed by atoms with Crippen LogP contribution in [0.4, 0.5) is 0 Å². The van der Waals surface area contributed by atoms with E-state index < -0.39 is 34.7 Å². The predicted molar refractivity (Wildman–Crippen MR) is 323 cm³/mol. The molecule has 4 rings (SSSR count). The zero-order chi connectivity index (χ0) is 57.8. The third kappa shape index (κ3) is 31.5. The lowest BCUT2D eigenvalue weighted by molar-refractivity contribution is -0.135. The van der Waals surface area contributed by atoms with Crippen LogP contribution >= 0.6 is 0 Å². The van der Waals surface area contributed by atoms with Gasteiger partial charge in [0.1, 0.15) is 23.0 Å². The molecule has 0 saturated heterocycles. The summed E-state index contributed by atoms with van der Waals surface area (Å²) in [5.74, 6) is -1.42. The fourth-order valence-corrected chi connectivity index (χ4v) is 9.47. The van der Waals surface area contributed by atoms with E-state index in [-0.39, 0.29) is 35.8 Å². The maximum Gasteiger partial charge on any atom is 0.343 e. The normalized spacial score (nSPS) is 11.0. The molecule has 0 aromatic heterocycles. The van der Waals surface area contributed by atoms with Gasteiger partial charge in [-0.05, 0) is 123 Å². The largest absolute Gasteiger partial charge is 0.494 e. The number of esters is 4. The topological polar surface area (TPSA) is 158 Å². The first-order valence-electron chi connectivity index (χ1n) is 31.3. The van der Waals surface area contributed by atoms with Gasteiger partial charge >= 0.3 is 23.9 Å². The molecule has 0 N–H and O–H groups in total. The van der Waals surface area contributed by atoms with E-state index in [1.54, 1.807) is 48.5 Å². The minimum atomic E-state index is -0.641. The quantitative estimate of drug-likeness (QED) is 0.0305. The highest BCUT2D eigenvalue weighted by molar-refractivity contribution is 5.91. The van der Waals surface area contributed by atoms with Gasteiger partial charge in [0.25, 0.3) is 0 Å². The van der Waals surface area contributed by atoms with Crippen LogP contribution in [0.15, 0.2) is 107 Å². The zero-order valence-corrected chi connectivity index (χ0v) is 49.3.